The number of ketones is 1. The van der Waals surface area contributed by atoms with Gasteiger partial charge >= 0.3 is 0 Å². The Morgan fingerprint density at radius 3 is 2.43 bits per heavy atom. The monoisotopic (exact) mass is 293 g/mol. The SMILES string of the molecule is CC(C)Cc1cn(CCCCCCCC(=O)C(C)C)nn1. The van der Waals surface area contributed by atoms with E-state index in [9.17, 15) is 4.79 Å². The molecule has 0 amide bonds. The van der Waals surface area contributed by atoms with E-state index in [1.807, 2.05) is 18.5 Å². The van der Waals surface area contributed by atoms with E-state index in [4.69, 9.17) is 0 Å². The van der Waals surface area contributed by atoms with Gasteiger partial charge in [-0.2, -0.15) is 0 Å². The van der Waals surface area contributed by atoms with Crippen molar-refractivity contribution in [3.63, 3.8) is 0 Å². The number of carbonyl (C=O) groups excluding carboxylic acids is 1. The molecule has 1 aromatic rings. The molecule has 0 radical (unpaired) electrons. The first-order chi connectivity index (χ1) is 9.99. The molecule has 0 N–H and O–H groups in total. The van der Waals surface area contributed by atoms with Crippen molar-refractivity contribution in [2.45, 2.75) is 79.2 Å². The van der Waals surface area contributed by atoms with Gasteiger partial charge in [-0.05, 0) is 25.2 Å². The Bertz CT molecular complexity index is 410. The molecule has 1 heterocycles. The maximum absolute atomic E-state index is 11.5. The predicted molar refractivity (Wildman–Crippen MR) is 86.1 cm³/mol. The van der Waals surface area contributed by atoms with Crippen LogP contribution < -0.4 is 0 Å². The number of rotatable bonds is 11. The van der Waals surface area contributed by atoms with Gasteiger partial charge < -0.3 is 0 Å². The van der Waals surface area contributed by atoms with Crippen LogP contribution in [0.5, 0.6) is 0 Å². The average Bonchev–Trinajstić information content (AvgIpc) is 2.83. The van der Waals surface area contributed by atoms with Crippen LogP contribution in [0, 0.1) is 11.8 Å². The molecule has 1 aromatic heterocycles. The van der Waals surface area contributed by atoms with E-state index >= 15 is 0 Å². The topological polar surface area (TPSA) is 47.8 Å². The zero-order valence-corrected chi connectivity index (χ0v) is 14.1. The van der Waals surface area contributed by atoms with Gasteiger partial charge in [0.25, 0.3) is 0 Å². The van der Waals surface area contributed by atoms with Crippen LogP contribution in [-0.4, -0.2) is 20.8 Å². The second-order valence-electron chi connectivity index (χ2n) is 6.71. The van der Waals surface area contributed by atoms with Crippen LogP contribution in [0.25, 0.3) is 0 Å². The molecule has 0 unspecified atom stereocenters. The molecule has 0 fully saturated rings. The summed E-state index contributed by atoms with van der Waals surface area (Å²) in [5.41, 5.74) is 1.09. The Labute approximate surface area is 129 Å². The van der Waals surface area contributed by atoms with Gasteiger partial charge in [-0.1, -0.05) is 52.2 Å². The lowest BCUT2D eigenvalue weighted by Crippen LogP contribution is -2.06. The third-order valence-corrected chi connectivity index (χ3v) is 3.66. The van der Waals surface area contributed by atoms with Gasteiger partial charge in [-0.3, -0.25) is 9.48 Å². The number of nitrogens with zero attached hydrogens (tertiary/aromatic N) is 3. The first-order valence-electron chi connectivity index (χ1n) is 8.40. The Morgan fingerprint density at radius 2 is 1.76 bits per heavy atom. The van der Waals surface area contributed by atoms with Crippen LogP contribution in [-0.2, 0) is 17.8 Å². The van der Waals surface area contributed by atoms with Crippen LogP contribution in [0.2, 0.25) is 0 Å². The third-order valence-electron chi connectivity index (χ3n) is 3.66. The first kappa shape index (κ1) is 17.9. The fourth-order valence-corrected chi connectivity index (χ4v) is 2.35. The summed E-state index contributed by atoms with van der Waals surface area (Å²) in [5, 5.41) is 8.36. The van der Waals surface area contributed by atoms with Crippen LogP contribution in [0.1, 0.15) is 71.9 Å². The molecule has 1 rings (SSSR count). The Balaban J connectivity index is 2.04. The summed E-state index contributed by atoms with van der Waals surface area (Å²) in [6.45, 7) is 9.31. The van der Waals surface area contributed by atoms with Crippen molar-refractivity contribution >= 4 is 5.78 Å². The summed E-state index contributed by atoms with van der Waals surface area (Å²) in [5.74, 6) is 1.22. The average molecular weight is 293 g/mol. The molecule has 0 aliphatic rings. The van der Waals surface area contributed by atoms with Crippen molar-refractivity contribution in [3.05, 3.63) is 11.9 Å². The minimum atomic E-state index is 0.192. The third kappa shape index (κ3) is 7.98. The molecule has 4 heteroatoms. The summed E-state index contributed by atoms with van der Waals surface area (Å²) < 4.78 is 1.96. The van der Waals surface area contributed by atoms with E-state index < -0.39 is 0 Å². The molecule has 21 heavy (non-hydrogen) atoms. The van der Waals surface area contributed by atoms with E-state index in [2.05, 4.69) is 30.4 Å². The Hall–Kier alpha value is -1.19. The van der Waals surface area contributed by atoms with Crippen LogP contribution in [0.4, 0.5) is 0 Å². The van der Waals surface area contributed by atoms with E-state index in [1.165, 1.54) is 12.8 Å². The van der Waals surface area contributed by atoms with E-state index in [-0.39, 0.29) is 5.92 Å². The standard InChI is InChI=1S/C17H31N3O/c1-14(2)12-16-13-20(19-18-16)11-9-7-5-6-8-10-17(21)15(3)4/h13-15H,5-12H2,1-4H3. The predicted octanol–water partition coefficient (Wildman–Crippen LogP) is 4.04. The molecule has 0 spiro atoms. The molecule has 0 aliphatic heterocycles. The Kier molecular flexibility index (Phi) is 8.24. The minimum Gasteiger partial charge on any atom is -0.299 e. The highest BCUT2D eigenvalue weighted by atomic mass is 16.1. The largest absolute Gasteiger partial charge is 0.299 e. The number of carbonyl (C=O) groups is 1. The molecular weight excluding hydrogens is 262 g/mol. The van der Waals surface area contributed by atoms with E-state index in [0.717, 1.165) is 44.3 Å². The summed E-state index contributed by atoms with van der Waals surface area (Å²) in [6.07, 6.45) is 9.58. The Morgan fingerprint density at radius 1 is 1.10 bits per heavy atom. The van der Waals surface area contributed by atoms with Crippen LogP contribution in [0.15, 0.2) is 6.20 Å². The number of aryl methyl sites for hydroxylation is 1. The molecule has 0 saturated carbocycles. The number of hydrogen-bond acceptors (Lipinski definition) is 3. The van der Waals surface area contributed by atoms with Gasteiger partial charge in [-0.15, -0.1) is 5.10 Å². The fraction of sp³-hybridized carbons (Fsp3) is 0.824. The normalized spacial score (nSPS) is 11.5. The molecule has 4 nitrogen and oxygen atoms in total. The molecular formula is C17H31N3O. The van der Waals surface area contributed by atoms with Gasteiger partial charge in [-0.25, -0.2) is 0 Å². The van der Waals surface area contributed by atoms with Crippen LogP contribution in [0.3, 0.4) is 0 Å². The maximum Gasteiger partial charge on any atom is 0.135 e. The lowest BCUT2D eigenvalue weighted by molar-refractivity contribution is -0.122. The first-order valence-corrected chi connectivity index (χ1v) is 8.40. The van der Waals surface area contributed by atoms with Gasteiger partial charge in [0.2, 0.25) is 0 Å². The zero-order valence-electron chi connectivity index (χ0n) is 14.1. The highest BCUT2D eigenvalue weighted by molar-refractivity contribution is 5.80. The lowest BCUT2D eigenvalue weighted by Gasteiger charge is -2.04. The van der Waals surface area contributed by atoms with E-state index in [0.29, 0.717) is 11.7 Å². The quantitative estimate of drug-likeness (QED) is 0.578. The summed E-state index contributed by atoms with van der Waals surface area (Å²) >= 11 is 0. The van der Waals surface area contributed by atoms with Crippen LogP contribution >= 0.6 is 0 Å². The molecule has 120 valence electrons. The van der Waals surface area contributed by atoms with Crippen molar-refractivity contribution in [3.8, 4) is 0 Å². The minimum absolute atomic E-state index is 0.192. The number of aromatic nitrogens is 3. The fourth-order valence-electron chi connectivity index (χ4n) is 2.35. The van der Waals surface area contributed by atoms with Crippen molar-refractivity contribution < 1.29 is 4.79 Å². The number of unbranched alkanes of at least 4 members (excludes halogenated alkanes) is 4. The van der Waals surface area contributed by atoms with Crippen molar-refractivity contribution in [2.75, 3.05) is 0 Å². The number of Topliss-reactive ketones (excluding diaryl/α,β-unsaturated/α-hetero) is 1. The maximum atomic E-state index is 11.5. The lowest BCUT2D eigenvalue weighted by atomic mass is 10.0. The van der Waals surface area contributed by atoms with Gasteiger partial charge in [0, 0.05) is 25.1 Å². The van der Waals surface area contributed by atoms with Crippen molar-refractivity contribution in [1.82, 2.24) is 15.0 Å². The highest BCUT2D eigenvalue weighted by Crippen LogP contribution is 2.10. The van der Waals surface area contributed by atoms with Crippen molar-refractivity contribution in [1.29, 1.82) is 0 Å². The second-order valence-corrected chi connectivity index (χ2v) is 6.71. The molecule has 0 bridgehead atoms. The smallest absolute Gasteiger partial charge is 0.135 e. The zero-order chi connectivity index (χ0) is 15.7. The van der Waals surface area contributed by atoms with Gasteiger partial charge in [0.1, 0.15) is 5.78 Å². The summed E-state index contributed by atoms with van der Waals surface area (Å²) in [7, 11) is 0. The molecule has 0 saturated heterocycles. The summed E-state index contributed by atoms with van der Waals surface area (Å²) in [6, 6.07) is 0. The highest BCUT2D eigenvalue weighted by Gasteiger charge is 2.06. The molecule has 0 atom stereocenters. The molecule has 0 aliphatic carbocycles. The van der Waals surface area contributed by atoms with E-state index in [1.54, 1.807) is 0 Å². The summed E-state index contributed by atoms with van der Waals surface area (Å²) in [4.78, 5) is 11.5. The number of hydrogen-bond donors (Lipinski definition) is 0. The second kappa shape index (κ2) is 9.69. The molecule has 0 aromatic carbocycles. The van der Waals surface area contributed by atoms with Gasteiger partial charge in [0.05, 0.1) is 5.69 Å². The van der Waals surface area contributed by atoms with Gasteiger partial charge in [0.15, 0.2) is 0 Å². The van der Waals surface area contributed by atoms with Crippen molar-refractivity contribution in [2.24, 2.45) is 11.8 Å².